The summed E-state index contributed by atoms with van der Waals surface area (Å²) in [5, 5.41) is 2.24. The molecule has 1 atom stereocenters. The molecule has 1 spiro atoms. The molecule has 32 heavy (non-hydrogen) atoms. The smallest absolute Gasteiger partial charge is 0.262 e. The van der Waals surface area contributed by atoms with E-state index in [4.69, 9.17) is 5.73 Å². The third kappa shape index (κ3) is 3.35. The van der Waals surface area contributed by atoms with E-state index in [-0.39, 0.29) is 24.3 Å². The van der Waals surface area contributed by atoms with Crippen molar-refractivity contribution in [3.63, 3.8) is 0 Å². The van der Waals surface area contributed by atoms with E-state index in [1.54, 1.807) is 12.1 Å². The topological polar surface area (TPSA) is 116 Å². The zero-order chi connectivity index (χ0) is 22.5. The van der Waals surface area contributed by atoms with E-state index < -0.39 is 23.8 Å². The molecule has 1 unspecified atom stereocenters. The Morgan fingerprint density at radius 3 is 2.59 bits per heavy atom. The number of hydrogen-bond donors (Lipinski definition) is 2. The molecule has 0 radical (unpaired) electrons. The summed E-state index contributed by atoms with van der Waals surface area (Å²) in [4.78, 5) is 56.1. The third-order valence-corrected chi connectivity index (χ3v) is 7.51. The van der Waals surface area contributed by atoms with Gasteiger partial charge in [-0.25, -0.2) is 0 Å². The summed E-state index contributed by atoms with van der Waals surface area (Å²) in [7, 11) is 0. The number of nitrogens with zero attached hydrogens (tertiary/aromatic N) is 3. The Morgan fingerprint density at radius 1 is 1.09 bits per heavy atom. The minimum Gasteiger partial charge on any atom is -0.329 e. The Labute approximate surface area is 186 Å². The van der Waals surface area contributed by atoms with E-state index in [0.717, 1.165) is 49.5 Å². The van der Waals surface area contributed by atoms with Crippen LogP contribution in [-0.4, -0.2) is 82.6 Å². The van der Waals surface area contributed by atoms with Crippen LogP contribution in [0.3, 0.4) is 0 Å². The first-order valence-electron chi connectivity index (χ1n) is 11.4. The van der Waals surface area contributed by atoms with Crippen LogP contribution in [-0.2, 0) is 16.1 Å². The Hall–Kier alpha value is -2.62. The highest BCUT2D eigenvalue weighted by atomic mass is 16.2. The van der Waals surface area contributed by atoms with Gasteiger partial charge in [0.1, 0.15) is 6.04 Å². The molecule has 2 saturated heterocycles. The van der Waals surface area contributed by atoms with Gasteiger partial charge < -0.3 is 5.73 Å². The van der Waals surface area contributed by atoms with Crippen LogP contribution in [0.2, 0.25) is 0 Å². The molecular formula is C23H29N5O4. The van der Waals surface area contributed by atoms with Crippen LogP contribution in [0.15, 0.2) is 18.2 Å². The van der Waals surface area contributed by atoms with Gasteiger partial charge in [0.05, 0.1) is 11.1 Å². The standard InChI is InChI=1S/C23H29N5O4/c24-9-10-27-12-11-26(14-23(27)7-2-8-23)13-15-3-1-4-16-19(15)22(32)28(21(16)31)17-5-6-18(29)25-20(17)30/h1,3-4,17H,2,5-14,24H2,(H,25,29,30). The summed E-state index contributed by atoms with van der Waals surface area (Å²) in [5.74, 6) is -1.85. The highest BCUT2D eigenvalue weighted by Crippen LogP contribution is 2.41. The third-order valence-electron chi connectivity index (χ3n) is 7.51. The van der Waals surface area contributed by atoms with Crippen molar-refractivity contribution >= 4 is 23.6 Å². The molecule has 4 aliphatic rings. The van der Waals surface area contributed by atoms with Gasteiger partial charge in [0.2, 0.25) is 11.8 Å². The number of hydrogen-bond acceptors (Lipinski definition) is 7. The minimum absolute atomic E-state index is 0.117. The largest absolute Gasteiger partial charge is 0.329 e. The lowest BCUT2D eigenvalue weighted by molar-refractivity contribution is -0.136. The quantitative estimate of drug-likeness (QED) is 0.625. The van der Waals surface area contributed by atoms with Gasteiger partial charge in [0, 0.05) is 51.2 Å². The maximum atomic E-state index is 13.3. The number of imide groups is 2. The SMILES string of the molecule is NCCN1CCN(Cc2cccc3c2C(=O)N(C2CCC(=O)NC2=O)C3=O)CC12CCC2. The summed E-state index contributed by atoms with van der Waals surface area (Å²) in [6.45, 7) is 4.90. The van der Waals surface area contributed by atoms with Crippen molar-refractivity contribution in [2.75, 3.05) is 32.7 Å². The maximum absolute atomic E-state index is 13.3. The Morgan fingerprint density at radius 2 is 1.91 bits per heavy atom. The van der Waals surface area contributed by atoms with Gasteiger partial charge in [-0.15, -0.1) is 0 Å². The van der Waals surface area contributed by atoms with E-state index in [1.165, 1.54) is 6.42 Å². The van der Waals surface area contributed by atoms with Gasteiger partial charge in [-0.3, -0.25) is 39.2 Å². The lowest BCUT2D eigenvalue weighted by Crippen LogP contribution is -2.65. The maximum Gasteiger partial charge on any atom is 0.262 e. The Balaban J connectivity index is 1.37. The number of nitrogens with one attached hydrogen (secondary N) is 1. The first kappa shape index (κ1) is 21.2. The predicted octanol–water partition coefficient (Wildman–Crippen LogP) is 0.0868. The lowest BCUT2D eigenvalue weighted by Gasteiger charge is -2.56. The number of piperidine rings is 1. The Bertz CT molecular complexity index is 989. The molecule has 4 amide bonds. The number of piperazine rings is 1. The molecule has 170 valence electrons. The molecule has 3 heterocycles. The number of carbonyl (C=O) groups excluding carboxylic acids is 4. The van der Waals surface area contributed by atoms with E-state index in [9.17, 15) is 19.2 Å². The van der Waals surface area contributed by atoms with Crippen LogP contribution in [0.1, 0.15) is 58.4 Å². The fraction of sp³-hybridized carbons (Fsp3) is 0.565. The zero-order valence-corrected chi connectivity index (χ0v) is 18.1. The second-order valence-corrected chi connectivity index (χ2v) is 9.35. The van der Waals surface area contributed by atoms with Gasteiger partial charge in [-0.1, -0.05) is 12.1 Å². The van der Waals surface area contributed by atoms with E-state index in [2.05, 4.69) is 15.1 Å². The highest BCUT2D eigenvalue weighted by Gasteiger charge is 2.47. The van der Waals surface area contributed by atoms with Gasteiger partial charge in [0.15, 0.2) is 0 Å². The fourth-order valence-corrected chi connectivity index (χ4v) is 5.75. The number of benzene rings is 1. The van der Waals surface area contributed by atoms with Crippen molar-refractivity contribution in [2.45, 2.75) is 50.2 Å². The molecule has 9 nitrogen and oxygen atoms in total. The summed E-state index contributed by atoms with van der Waals surface area (Å²) in [6, 6.07) is 4.41. The number of nitrogens with two attached hydrogens (primary N) is 1. The van der Waals surface area contributed by atoms with Crippen molar-refractivity contribution in [3.05, 3.63) is 34.9 Å². The minimum atomic E-state index is -0.939. The fourth-order valence-electron chi connectivity index (χ4n) is 5.75. The molecule has 1 aromatic rings. The molecule has 1 saturated carbocycles. The molecule has 0 bridgehead atoms. The highest BCUT2D eigenvalue weighted by molar-refractivity contribution is 6.24. The molecule has 1 aliphatic carbocycles. The molecule has 5 rings (SSSR count). The average Bonchev–Trinajstić information content (AvgIpc) is 2.99. The Kier molecular flexibility index (Phi) is 5.35. The molecule has 3 N–H and O–H groups in total. The number of amides is 4. The molecule has 1 aromatic carbocycles. The van der Waals surface area contributed by atoms with Crippen LogP contribution in [0.4, 0.5) is 0 Å². The van der Waals surface area contributed by atoms with Crippen molar-refractivity contribution < 1.29 is 19.2 Å². The summed E-state index contributed by atoms with van der Waals surface area (Å²) < 4.78 is 0. The predicted molar refractivity (Wildman–Crippen MR) is 116 cm³/mol. The first-order valence-corrected chi connectivity index (χ1v) is 11.4. The zero-order valence-electron chi connectivity index (χ0n) is 18.1. The van der Waals surface area contributed by atoms with Gasteiger partial charge in [-0.2, -0.15) is 0 Å². The van der Waals surface area contributed by atoms with Crippen LogP contribution in [0.5, 0.6) is 0 Å². The monoisotopic (exact) mass is 439 g/mol. The summed E-state index contributed by atoms with van der Waals surface area (Å²) in [5.41, 5.74) is 7.56. The van der Waals surface area contributed by atoms with Crippen molar-refractivity contribution in [3.8, 4) is 0 Å². The second-order valence-electron chi connectivity index (χ2n) is 9.35. The summed E-state index contributed by atoms with van der Waals surface area (Å²) >= 11 is 0. The normalized spacial score (nSPS) is 25.8. The van der Waals surface area contributed by atoms with E-state index in [0.29, 0.717) is 24.2 Å². The molecule has 3 aliphatic heterocycles. The van der Waals surface area contributed by atoms with Gasteiger partial charge in [0.25, 0.3) is 11.8 Å². The van der Waals surface area contributed by atoms with Crippen molar-refractivity contribution in [1.82, 2.24) is 20.0 Å². The van der Waals surface area contributed by atoms with Crippen molar-refractivity contribution in [1.29, 1.82) is 0 Å². The lowest BCUT2D eigenvalue weighted by atomic mass is 9.73. The van der Waals surface area contributed by atoms with Crippen LogP contribution in [0.25, 0.3) is 0 Å². The second kappa shape index (κ2) is 8.06. The molecular weight excluding hydrogens is 410 g/mol. The van der Waals surface area contributed by atoms with Crippen LogP contribution >= 0.6 is 0 Å². The number of carbonyl (C=O) groups is 4. The van der Waals surface area contributed by atoms with Crippen LogP contribution < -0.4 is 11.1 Å². The molecule has 3 fully saturated rings. The first-order chi connectivity index (χ1) is 15.4. The van der Waals surface area contributed by atoms with Crippen molar-refractivity contribution in [2.24, 2.45) is 5.73 Å². The van der Waals surface area contributed by atoms with Gasteiger partial charge in [-0.05, 0) is 37.3 Å². The summed E-state index contributed by atoms with van der Waals surface area (Å²) in [6.07, 6.45) is 3.83. The van der Waals surface area contributed by atoms with E-state index >= 15 is 0 Å². The average molecular weight is 440 g/mol. The molecule has 9 heteroatoms. The number of fused-ring (bicyclic) bond motifs is 1. The van der Waals surface area contributed by atoms with Gasteiger partial charge >= 0.3 is 0 Å². The number of rotatable bonds is 5. The van der Waals surface area contributed by atoms with E-state index in [1.807, 2.05) is 6.07 Å². The van der Waals surface area contributed by atoms with Crippen LogP contribution in [0, 0.1) is 0 Å². The molecule has 0 aromatic heterocycles.